The monoisotopic (exact) mass is 250 g/mol. The number of nitrogens with one attached hydrogen (secondary N) is 1. The number of halogens is 1. The third kappa shape index (κ3) is 2.38. The van der Waals surface area contributed by atoms with Crippen LogP contribution in [-0.4, -0.2) is 25.5 Å². The lowest BCUT2D eigenvalue weighted by atomic mass is 9.88. The van der Waals surface area contributed by atoms with Gasteiger partial charge in [0.2, 0.25) is 5.91 Å². The highest BCUT2D eigenvalue weighted by Gasteiger charge is 2.39. The van der Waals surface area contributed by atoms with Crippen LogP contribution in [0, 0.1) is 11.2 Å². The highest BCUT2D eigenvalue weighted by Crippen LogP contribution is 2.29. The standard InChI is InChI=1S/C14H19FN2O/c1-3-17(12-6-4-11(15)5-7-12)13(18)14(2)8-9-16-10-14/h4-7,16H,3,8-10H2,1-2H3. The maximum absolute atomic E-state index is 12.9. The molecule has 1 aliphatic heterocycles. The molecule has 1 heterocycles. The second-order valence-electron chi connectivity index (χ2n) is 5.01. The van der Waals surface area contributed by atoms with Gasteiger partial charge in [0.25, 0.3) is 0 Å². The largest absolute Gasteiger partial charge is 0.316 e. The van der Waals surface area contributed by atoms with Crippen LogP contribution in [0.5, 0.6) is 0 Å². The van der Waals surface area contributed by atoms with E-state index < -0.39 is 0 Å². The van der Waals surface area contributed by atoms with E-state index in [1.54, 1.807) is 17.0 Å². The Bertz CT molecular complexity index is 424. The topological polar surface area (TPSA) is 32.3 Å². The summed E-state index contributed by atoms with van der Waals surface area (Å²) in [4.78, 5) is 14.3. The van der Waals surface area contributed by atoms with Crippen molar-refractivity contribution in [2.24, 2.45) is 5.41 Å². The first kappa shape index (κ1) is 13.0. The van der Waals surface area contributed by atoms with Gasteiger partial charge in [-0.2, -0.15) is 0 Å². The average Bonchev–Trinajstić information content (AvgIpc) is 2.81. The van der Waals surface area contributed by atoms with Crippen LogP contribution in [0.4, 0.5) is 10.1 Å². The van der Waals surface area contributed by atoms with Gasteiger partial charge in [-0.1, -0.05) is 0 Å². The summed E-state index contributed by atoms with van der Waals surface area (Å²) < 4.78 is 12.9. The minimum Gasteiger partial charge on any atom is -0.316 e. The molecule has 0 saturated carbocycles. The summed E-state index contributed by atoms with van der Waals surface area (Å²) in [7, 11) is 0. The molecular formula is C14H19FN2O. The lowest BCUT2D eigenvalue weighted by molar-refractivity contribution is -0.126. The van der Waals surface area contributed by atoms with Crippen molar-refractivity contribution in [3.63, 3.8) is 0 Å². The first-order chi connectivity index (χ1) is 8.57. The Hall–Kier alpha value is -1.42. The summed E-state index contributed by atoms with van der Waals surface area (Å²) in [5, 5.41) is 3.23. The fourth-order valence-corrected chi connectivity index (χ4v) is 2.39. The van der Waals surface area contributed by atoms with Crippen LogP contribution in [0.15, 0.2) is 24.3 Å². The van der Waals surface area contributed by atoms with Gasteiger partial charge >= 0.3 is 0 Å². The van der Waals surface area contributed by atoms with Crippen LogP contribution in [0.1, 0.15) is 20.3 Å². The van der Waals surface area contributed by atoms with E-state index in [0.717, 1.165) is 18.7 Å². The van der Waals surface area contributed by atoms with E-state index in [9.17, 15) is 9.18 Å². The van der Waals surface area contributed by atoms with Crippen molar-refractivity contribution in [2.45, 2.75) is 20.3 Å². The first-order valence-corrected chi connectivity index (χ1v) is 6.35. The number of rotatable bonds is 3. The Morgan fingerprint density at radius 2 is 2.11 bits per heavy atom. The van der Waals surface area contributed by atoms with Crippen LogP contribution in [-0.2, 0) is 4.79 Å². The van der Waals surface area contributed by atoms with Crippen LogP contribution < -0.4 is 10.2 Å². The van der Waals surface area contributed by atoms with Crippen molar-refractivity contribution < 1.29 is 9.18 Å². The number of amides is 1. The molecule has 1 aliphatic rings. The van der Waals surface area contributed by atoms with Crippen LogP contribution >= 0.6 is 0 Å². The molecule has 3 nitrogen and oxygen atoms in total. The number of benzene rings is 1. The number of carbonyl (C=O) groups is 1. The number of hydrogen-bond donors (Lipinski definition) is 1. The predicted molar refractivity (Wildman–Crippen MR) is 70.0 cm³/mol. The van der Waals surface area contributed by atoms with Crippen molar-refractivity contribution in [3.05, 3.63) is 30.1 Å². The fourth-order valence-electron chi connectivity index (χ4n) is 2.39. The molecule has 0 aromatic heterocycles. The van der Waals surface area contributed by atoms with Gasteiger partial charge in [0.15, 0.2) is 0 Å². The minimum atomic E-state index is -0.343. The fraction of sp³-hybridized carbons (Fsp3) is 0.500. The van der Waals surface area contributed by atoms with E-state index in [0.29, 0.717) is 13.1 Å². The van der Waals surface area contributed by atoms with E-state index in [2.05, 4.69) is 5.32 Å². The molecule has 0 spiro atoms. The number of hydrogen-bond acceptors (Lipinski definition) is 2. The van der Waals surface area contributed by atoms with Gasteiger partial charge in [-0.05, 0) is 51.1 Å². The second-order valence-corrected chi connectivity index (χ2v) is 5.01. The summed E-state index contributed by atoms with van der Waals surface area (Å²) in [6.07, 6.45) is 0.851. The third-order valence-corrected chi connectivity index (χ3v) is 3.58. The molecule has 2 rings (SSSR count). The van der Waals surface area contributed by atoms with Crippen molar-refractivity contribution in [2.75, 3.05) is 24.5 Å². The average molecular weight is 250 g/mol. The molecule has 1 aromatic rings. The van der Waals surface area contributed by atoms with E-state index in [1.165, 1.54) is 12.1 Å². The van der Waals surface area contributed by atoms with E-state index in [4.69, 9.17) is 0 Å². The van der Waals surface area contributed by atoms with Crippen molar-refractivity contribution in [1.29, 1.82) is 0 Å². The quantitative estimate of drug-likeness (QED) is 0.891. The molecular weight excluding hydrogens is 231 g/mol. The second kappa shape index (κ2) is 5.06. The Kier molecular flexibility index (Phi) is 3.66. The predicted octanol–water partition coefficient (Wildman–Crippen LogP) is 2.18. The SMILES string of the molecule is CCN(C(=O)C1(C)CCNC1)c1ccc(F)cc1. The number of anilines is 1. The molecule has 0 aliphatic carbocycles. The van der Waals surface area contributed by atoms with Crippen molar-refractivity contribution in [1.82, 2.24) is 5.32 Å². The first-order valence-electron chi connectivity index (χ1n) is 6.35. The molecule has 0 bridgehead atoms. The van der Waals surface area contributed by atoms with Gasteiger partial charge in [-0.3, -0.25) is 4.79 Å². The molecule has 1 N–H and O–H groups in total. The van der Waals surface area contributed by atoms with Crippen LogP contribution in [0.25, 0.3) is 0 Å². The van der Waals surface area contributed by atoms with Crippen molar-refractivity contribution >= 4 is 11.6 Å². The zero-order valence-corrected chi connectivity index (χ0v) is 10.9. The minimum absolute atomic E-state index is 0.113. The zero-order valence-electron chi connectivity index (χ0n) is 10.9. The van der Waals surface area contributed by atoms with Crippen LogP contribution in [0.2, 0.25) is 0 Å². The summed E-state index contributed by atoms with van der Waals surface area (Å²) in [6.45, 7) is 6.11. The molecule has 1 fully saturated rings. The van der Waals surface area contributed by atoms with E-state index in [1.807, 2.05) is 13.8 Å². The van der Waals surface area contributed by atoms with Gasteiger partial charge in [0, 0.05) is 18.8 Å². The Morgan fingerprint density at radius 3 is 2.61 bits per heavy atom. The molecule has 18 heavy (non-hydrogen) atoms. The highest BCUT2D eigenvalue weighted by molar-refractivity contribution is 5.97. The maximum atomic E-state index is 12.9. The lowest BCUT2D eigenvalue weighted by Crippen LogP contribution is -2.43. The Morgan fingerprint density at radius 1 is 1.44 bits per heavy atom. The van der Waals surface area contributed by atoms with E-state index >= 15 is 0 Å². The molecule has 1 atom stereocenters. The highest BCUT2D eigenvalue weighted by atomic mass is 19.1. The van der Waals surface area contributed by atoms with Gasteiger partial charge in [0.1, 0.15) is 5.82 Å². The Balaban J connectivity index is 2.23. The summed E-state index contributed by atoms with van der Waals surface area (Å²) in [6, 6.07) is 6.09. The molecule has 1 amide bonds. The molecule has 0 radical (unpaired) electrons. The number of nitrogens with zero attached hydrogens (tertiary/aromatic N) is 1. The smallest absolute Gasteiger partial charge is 0.234 e. The van der Waals surface area contributed by atoms with Gasteiger partial charge < -0.3 is 10.2 Å². The van der Waals surface area contributed by atoms with Gasteiger partial charge in [-0.25, -0.2) is 4.39 Å². The molecule has 1 aromatic carbocycles. The van der Waals surface area contributed by atoms with Gasteiger partial charge in [-0.15, -0.1) is 0 Å². The van der Waals surface area contributed by atoms with Crippen LogP contribution in [0.3, 0.4) is 0 Å². The lowest BCUT2D eigenvalue weighted by Gasteiger charge is -2.30. The van der Waals surface area contributed by atoms with E-state index in [-0.39, 0.29) is 17.1 Å². The summed E-state index contributed by atoms with van der Waals surface area (Å²) in [5.74, 6) is -0.169. The molecule has 1 saturated heterocycles. The summed E-state index contributed by atoms with van der Waals surface area (Å²) >= 11 is 0. The zero-order chi connectivity index (χ0) is 13.2. The molecule has 1 unspecified atom stereocenters. The normalized spacial score (nSPS) is 23.1. The summed E-state index contributed by atoms with van der Waals surface area (Å²) in [5.41, 5.74) is 0.418. The number of carbonyl (C=O) groups excluding carboxylic acids is 1. The third-order valence-electron chi connectivity index (χ3n) is 3.58. The maximum Gasteiger partial charge on any atom is 0.234 e. The molecule has 98 valence electrons. The molecule has 4 heteroatoms. The Labute approximate surface area is 107 Å². The van der Waals surface area contributed by atoms with Gasteiger partial charge in [0.05, 0.1) is 5.41 Å². The van der Waals surface area contributed by atoms with Crippen molar-refractivity contribution in [3.8, 4) is 0 Å².